The Morgan fingerprint density at radius 3 is 2.78 bits per heavy atom. The normalized spacial score (nSPS) is 27.0. The molecule has 0 aliphatic heterocycles. The molecule has 1 aliphatic carbocycles. The second-order valence-corrected chi connectivity index (χ2v) is 2.48. The van der Waals surface area contributed by atoms with Gasteiger partial charge in [-0.25, -0.2) is 0 Å². The molecule has 48 valence electrons. The van der Waals surface area contributed by atoms with E-state index in [2.05, 4.69) is 6.58 Å². The number of carbonyl (C=O) groups excluding carboxylic acids is 1. The Morgan fingerprint density at radius 1 is 1.67 bits per heavy atom. The molecule has 0 aromatic heterocycles. The average Bonchev–Trinajstić information content (AvgIpc) is 1.80. The molecule has 0 spiro atoms. The Kier molecular flexibility index (Phi) is 1.52. The van der Waals surface area contributed by atoms with Crippen LogP contribution in [0.15, 0.2) is 24.3 Å². The van der Waals surface area contributed by atoms with Crippen LogP contribution in [0.2, 0.25) is 0 Å². The van der Waals surface area contributed by atoms with E-state index in [0.717, 1.165) is 5.57 Å². The van der Waals surface area contributed by atoms with E-state index in [1.165, 1.54) is 0 Å². The van der Waals surface area contributed by atoms with Gasteiger partial charge in [0.05, 0.1) is 0 Å². The summed E-state index contributed by atoms with van der Waals surface area (Å²) in [6.07, 6.45) is 4.04. The maximum Gasteiger partial charge on any atom is 0.156 e. The van der Waals surface area contributed by atoms with Crippen LogP contribution in [0, 0.1) is 5.92 Å². The molecule has 1 heteroatoms. The summed E-state index contributed by atoms with van der Waals surface area (Å²) in [5.41, 5.74) is 1.06. The summed E-state index contributed by atoms with van der Waals surface area (Å²) >= 11 is 0. The highest BCUT2D eigenvalue weighted by atomic mass is 16.1. The molecule has 0 saturated carbocycles. The summed E-state index contributed by atoms with van der Waals surface area (Å²) in [5.74, 6) is 0.567. The fourth-order valence-electron chi connectivity index (χ4n) is 0.865. The second-order valence-electron chi connectivity index (χ2n) is 2.48. The Balaban J connectivity index is 2.76. The SMILES string of the molecule is C=C1C=CC(=O)C[C@@H]1C. The highest BCUT2D eigenvalue weighted by Crippen LogP contribution is 2.18. The van der Waals surface area contributed by atoms with Gasteiger partial charge in [0.15, 0.2) is 5.78 Å². The molecule has 0 saturated heterocycles. The van der Waals surface area contributed by atoms with Gasteiger partial charge in [0.25, 0.3) is 0 Å². The molecule has 0 fully saturated rings. The number of hydrogen-bond acceptors (Lipinski definition) is 1. The van der Waals surface area contributed by atoms with Crippen molar-refractivity contribution in [3.05, 3.63) is 24.3 Å². The lowest BCUT2D eigenvalue weighted by molar-refractivity contribution is -0.115. The van der Waals surface area contributed by atoms with E-state index in [0.29, 0.717) is 12.3 Å². The van der Waals surface area contributed by atoms with Crippen molar-refractivity contribution >= 4 is 5.78 Å². The first-order valence-corrected chi connectivity index (χ1v) is 3.10. The second kappa shape index (κ2) is 2.18. The third-order valence-corrected chi connectivity index (χ3v) is 1.62. The largest absolute Gasteiger partial charge is 0.295 e. The Labute approximate surface area is 55.1 Å². The zero-order valence-electron chi connectivity index (χ0n) is 5.55. The van der Waals surface area contributed by atoms with Gasteiger partial charge in [-0.15, -0.1) is 0 Å². The number of ketones is 1. The zero-order chi connectivity index (χ0) is 6.85. The summed E-state index contributed by atoms with van der Waals surface area (Å²) in [7, 11) is 0. The summed E-state index contributed by atoms with van der Waals surface area (Å²) in [5, 5.41) is 0. The molecule has 0 N–H and O–H groups in total. The molecule has 9 heavy (non-hydrogen) atoms. The quantitative estimate of drug-likeness (QED) is 0.478. The smallest absolute Gasteiger partial charge is 0.156 e. The highest BCUT2D eigenvalue weighted by Gasteiger charge is 2.12. The van der Waals surface area contributed by atoms with Crippen molar-refractivity contribution in [1.82, 2.24) is 0 Å². The van der Waals surface area contributed by atoms with Crippen molar-refractivity contribution in [2.24, 2.45) is 5.92 Å². The summed E-state index contributed by atoms with van der Waals surface area (Å²) in [6.45, 7) is 5.81. The lowest BCUT2D eigenvalue weighted by atomic mass is 9.91. The zero-order valence-corrected chi connectivity index (χ0v) is 5.55. The fourth-order valence-corrected chi connectivity index (χ4v) is 0.865. The van der Waals surface area contributed by atoms with E-state index in [1.54, 1.807) is 12.2 Å². The van der Waals surface area contributed by atoms with Gasteiger partial charge >= 0.3 is 0 Å². The third kappa shape index (κ3) is 1.28. The van der Waals surface area contributed by atoms with Crippen LogP contribution < -0.4 is 0 Å². The lowest BCUT2D eigenvalue weighted by Gasteiger charge is -2.12. The van der Waals surface area contributed by atoms with E-state index in [4.69, 9.17) is 0 Å². The molecule has 1 aliphatic rings. The minimum absolute atomic E-state index is 0.218. The van der Waals surface area contributed by atoms with Gasteiger partial charge in [0.2, 0.25) is 0 Å². The van der Waals surface area contributed by atoms with Gasteiger partial charge < -0.3 is 0 Å². The molecule has 0 radical (unpaired) electrons. The molecule has 1 nitrogen and oxygen atoms in total. The number of hydrogen-bond donors (Lipinski definition) is 0. The average molecular weight is 122 g/mol. The lowest BCUT2D eigenvalue weighted by Crippen LogP contribution is -2.08. The Morgan fingerprint density at radius 2 is 2.33 bits per heavy atom. The van der Waals surface area contributed by atoms with Crippen LogP contribution in [0.5, 0.6) is 0 Å². The van der Waals surface area contributed by atoms with Crippen molar-refractivity contribution in [2.75, 3.05) is 0 Å². The van der Waals surface area contributed by atoms with Crippen molar-refractivity contribution in [1.29, 1.82) is 0 Å². The molecule has 1 rings (SSSR count). The first kappa shape index (κ1) is 6.27. The van der Waals surface area contributed by atoms with Gasteiger partial charge in [0.1, 0.15) is 0 Å². The van der Waals surface area contributed by atoms with Gasteiger partial charge in [-0.2, -0.15) is 0 Å². The minimum Gasteiger partial charge on any atom is -0.295 e. The van der Waals surface area contributed by atoms with Crippen molar-refractivity contribution in [3.63, 3.8) is 0 Å². The van der Waals surface area contributed by atoms with Gasteiger partial charge in [0, 0.05) is 6.42 Å². The molecule has 0 unspecified atom stereocenters. The van der Waals surface area contributed by atoms with Gasteiger partial charge in [-0.3, -0.25) is 4.79 Å². The highest BCUT2D eigenvalue weighted by molar-refractivity contribution is 5.91. The molecule has 0 aromatic carbocycles. The van der Waals surface area contributed by atoms with Crippen LogP contribution in [0.1, 0.15) is 13.3 Å². The Bertz CT molecular complexity index is 177. The van der Waals surface area contributed by atoms with Gasteiger partial charge in [-0.1, -0.05) is 25.2 Å². The molecule has 1 atom stereocenters. The maximum absolute atomic E-state index is 10.7. The van der Waals surface area contributed by atoms with Crippen LogP contribution in [-0.2, 0) is 4.79 Å². The maximum atomic E-state index is 10.7. The first-order chi connectivity index (χ1) is 4.20. The predicted molar refractivity (Wildman–Crippen MR) is 37.1 cm³/mol. The van der Waals surface area contributed by atoms with E-state index in [1.807, 2.05) is 6.92 Å². The fraction of sp³-hybridized carbons (Fsp3) is 0.375. The van der Waals surface area contributed by atoms with E-state index >= 15 is 0 Å². The van der Waals surface area contributed by atoms with E-state index in [-0.39, 0.29) is 5.78 Å². The topological polar surface area (TPSA) is 17.1 Å². The van der Waals surface area contributed by atoms with Crippen LogP contribution >= 0.6 is 0 Å². The molecule has 0 heterocycles. The molecular weight excluding hydrogens is 112 g/mol. The molecule has 0 amide bonds. The summed E-state index contributed by atoms with van der Waals surface area (Å²) in [4.78, 5) is 10.7. The number of allylic oxidation sites excluding steroid dienone is 3. The Hall–Kier alpha value is -0.850. The summed E-state index contributed by atoms with van der Waals surface area (Å²) in [6, 6.07) is 0. The van der Waals surface area contributed by atoms with E-state index < -0.39 is 0 Å². The standard InChI is InChI=1S/C8H10O/c1-6-3-4-8(9)5-7(6)2/h3-4,7H,1,5H2,2H3/t7-/m0/s1. The summed E-state index contributed by atoms with van der Waals surface area (Å²) < 4.78 is 0. The van der Waals surface area contributed by atoms with Crippen molar-refractivity contribution in [3.8, 4) is 0 Å². The third-order valence-electron chi connectivity index (χ3n) is 1.62. The van der Waals surface area contributed by atoms with Crippen LogP contribution in [0.25, 0.3) is 0 Å². The minimum atomic E-state index is 0.218. The van der Waals surface area contributed by atoms with Crippen LogP contribution in [-0.4, -0.2) is 5.78 Å². The number of rotatable bonds is 0. The first-order valence-electron chi connectivity index (χ1n) is 3.10. The molecule has 0 bridgehead atoms. The van der Waals surface area contributed by atoms with Crippen molar-refractivity contribution < 1.29 is 4.79 Å². The monoisotopic (exact) mass is 122 g/mol. The molecular formula is C8H10O. The molecule has 0 aromatic rings. The van der Waals surface area contributed by atoms with Crippen LogP contribution in [0.3, 0.4) is 0 Å². The van der Waals surface area contributed by atoms with Crippen LogP contribution in [0.4, 0.5) is 0 Å². The van der Waals surface area contributed by atoms with Gasteiger partial charge in [-0.05, 0) is 12.0 Å². The van der Waals surface area contributed by atoms with E-state index in [9.17, 15) is 4.79 Å². The van der Waals surface area contributed by atoms with Crippen molar-refractivity contribution in [2.45, 2.75) is 13.3 Å². The number of carbonyl (C=O) groups is 1. The predicted octanol–water partition coefficient (Wildman–Crippen LogP) is 1.71.